The molecule has 21 heavy (non-hydrogen) atoms. The minimum atomic E-state index is -0.436. The first-order chi connectivity index (χ1) is 9.79. The van der Waals surface area contributed by atoms with Gasteiger partial charge in [-0.25, -0.2) is 0 Å². The highest BCUT2D eigenvalue weighted by atomic mass is 16.5. The van der Waals surface area contributed by atoms with E-state index in [0.29, 0.717) is 13.0 Å². The van der Waals surface area contributed by atoms with Gasteiger partial charge < -0.3 is 15.6 Å². The highest BCUT2D eigenvalue weighted by Gasteiger charge is 2.21. The number of hydrogen-bond donors (Lipinski definition) is 2. The van der Waals surface area contributed by atoms with Crippen LogP contribution in [-0.2, 0) is 5.41 Å². The summed E-state index contributed by atoms with van der Waals surface area (Å²) in [5.41, 5.74) is 8.00. The first-order valence-electron chi connectivity index (χ1n) is 7.95. The Balaban J connectivity index is 3.03. The molecule has 1 aromatic carbocycles. The van der Waals surface area contributed by atoms with Crippen molar-refractivity contribution in [3.05, 3.63) is 29.3 Å². The molecular formula is C18H31NO2. The van der Waals surface area contributed by atoms with Crippen molar-refractivity contribution in [3.8, 4) is 5.75 Å². The number of ether oxygens (including phenoxy) is 1. The van der Waals surface area contributed by atoms with Crippen LogP contribution in [0.3, 0.4) is 0 Å². The van der Waals surface area contributed by atoms with Gasteiger partial charge in [0.2, 0.25) is 0 Å². The van der Waals surface area contributed by atoms with Gasteiger partial charge in [0, 0.05) is 6.54 Å². The van der Waals surface area contributed by atoms with Crippen molar-refractivity contribution in [2.75, 3.05) is 13.2 Å². The zero-order valence-electron chi connectivity index (χ0n) is 14.1. The molecule has 3 N–H and O–H groups in total. The molecule has 0 heterocycles. The lowest BCUT2D eigenvalue weighted by atomic mass is 9.83. The van der Waals surface area contributed by atoms with Gasteiger partial charge in [0.1, 0.15) is 5.75 Å². The standard InChI is InChI=1S/C18H31NO2/c1-6-9-21-17-8-7-14(11-16(17)18(3,4)5)13(2)10-15(20)12-19/h7-8,11,13,15,20H,6,9-10,12,19H2,1-5H3. The van der Waals surface area contributed by atoms with Crippen molar-refractivity contribution in [1.29, 1.82) is 0 Å². The molecule has 0 aliphatic carbocycles. The van der Waals surface area contributed by atoms with Crippen molar-refractivity contribution in [2.24, 2.45) is 5.73 Å². The molecular weight excluding hydrogens is 262 g/mol. The third-order valence-corrected chi connectivity index (χ3v) is 3.74. The van der Waals surface area contributed by atoms with Gasteiger partial charge >= 0.3 is 0 Å². The Hall–Kier alpha value is -1.06. The second-order valence-corrected chi connectivity index (χ2v) is 6.88. The van der Waals surface area contributed by atoms with E-state index in [0.717, 1.165) is 18.8 Å². The van der Waals surface area contributed by atoms with Crippen LogP contribution in [0.4, 0.5) is 0 Å². The summed E-state index contributed by atoms with van der Waals surface area (Å²) in [5.74, 6) is 1.25. The molecule has 0 aromatic heterocycles. The summed E-state index contributed by atoms with van der Waals surface area (Å²) in [5, 5.41) is 9.74. The zero-order valence-corrected chi connectivity index (χ0v) is 14.1. The maximum Gasteiger partial charge on any atom is 0.123 e. The summed E-state index contributed by atoms with van der Waals surface area (Å²) < 4.78 is 5.88. The van der Waals surface area contributed by atoms with Gasteiger partial charge in [-0.2, -0.15) is 0 Å². The van der Waals surface area contributed by atoms with Crippen LogP contribution < -0.4 is 10.5 Å². The van der Waals surface area contributed by atoms with Crippen molar-refractivity contribution in [3.63, 3.8) is 0 Å². The van der Waals surface area contributed by atoms with Crippen LogP contribution in [0.5, 0.6) is 5.75 Å². The van der Waals surface area contributed by atoms with E-state index >= 15 is 0 Å². The first kappa shape index (κ1) is 18.0. The number of aliphatic hydroxyl groups excluding tert-OH is 1. The summed E-state index contributed by atoms with van der Waals surface area (Å²) >= 11 is 0. The summed E-state index contributed by atoms with van der Waals surface area (Å²) in [6.45, 7) is 11.9. The fraction of sp³-hybridized carbons (Fsp3) is 0.667. The Kier molecular flexibility index (Phi) is 6.69. The van der Waals surface area contributed by atoms with Gasteiger partial charge in [-0.15, -0.1) is 0 Å². The molecule has 0 saturated carbocycles. The fourth-order valence-corrected chi connectivity index (χ4v) is 2.42. The number of hydrogen-bond acceptors (Lipinski definition) is 3. The smallest absolute Gasteiger partial charge is 0.123 e. The summed E-state index contributed by atoms with van der Waals surface area (Å²) in [4.78, 5) is 0. The van der Waals surface area contributed by atoms with Crippen molar-refractivity contribution in [2.45, 2.75) is 64.9 Å². The Morgan fingerprint density at radius 2 is 1.95 bits per heavy atom. The molecule has 1 aromatic rings. The van der Waals surface area contributed by atoms with E-state index in [4.69, 9.17) is 10.5 Å². The topological polar surface area (TPSA) is 55.5 Å². The largest absolute Gasteiger partial charge is 0.493 e. The van der Waals surface area contributed by atoms with Crippen molar-refractivity contribution >= 4 is 0 Å². The summed E-state index contributed by atoms with van der Waals surface area (Å²) in [6, 6.07) is 6.39. The van der Waals surface area contributed by atoms with Crippen molar-refractivity contribution in [1.82, 2.24) is 0 Å². The van der Waals surface area contributed by atoms with Gasteiger partial charge in [0.25, 0.3) is 0 Å². The lowest BCUT2D eigenvalue weighted by Crippen LogP contribution is -2.22. The normalized spacial score (nSPS) is 14.8. The fourth-order valence-electron chi connectivity index (χ4n) is 2.42. The molecule has 0 saturated heterocycles. The van der Waals surface area contributed by atoms with Crippen LogP contribution in [0.25, 0.3) is 0 Å². The Morgan fingerprint density at radius 1 is 1.29 bits per heavy atom. The molecule has 2 atom stereocenters. The molecule has 3 heteroatoms. The summed E-state index contributed by atoms with van der Waals surface area (Å²) in [6.07, 6.45) is 1.26. The molecule has 1 rings (SSSR count). The van der Waals surface area contributed by atoms with E-state index in [1.807, 2.05) is 0 Å². The molecule has 120 valence electrons. The molecule has 0 radical (unpaired) electrons. The average molecular weight is 293 g/mol. The van der Waals surface area contributed by atoms with Gasteiger partial charge in [-0.05, 0) is 41.4 Å². The number of rotatable bonds is 7. The molecule has 0 aliphatic rings. The predicted molar refractivity (Wildman–Crippen MR) is 89.0 cm³/mol. The highest BCUT2D eigenvalue weighted by Crippen LogP contribution is 2.34. The number of aliphatic hydroxyl groups is 1. The monoisotopic (exact) mass is 293 g/mol. The number of nitrogens with two attached hydrogens (primary N) is 1. The van der Waals surface area contributed by atoms with E-state index in [2.05, 4.69) is 52.8 Å². The van der Waals surface area contributed by atoms with Crippen LogP contribution in [0.1, 0.15) is 64.5 Å². The van der Waals surface area contributed by atoms with E-state index in [1.165, 1.54) is 11.1 Å². The van der Waals surface area contributed by atoms with E-state index < -0.39 is 6.10 Å². The maximum atomic E-state index is 9.74. The second kappa shape index (κ2) is 7.81. The molecule has 0 bridgehead atoms. The highest BCUT2D eigenvalue weighted by molar-refractivity contribution is 5.42. The molecule has 3 nitrogen and oxygen atoms in total. The average Bonchev–Trinajstić information content (AvgIpc) is 2.43. The number of benzene rings is 1. The van der Waals surface area contributed by atoms with Crippen LogP contribution in [0.2, 0.25) is 0 Å². The summed E-state index contributed by atoms with van der Waals surface area (Å²) in [7, 11) is 0. The van der Waals surface area contributed by atoms with E-state index in [1.54, 1.807) is 0 Å². The Labute approximate surface area is 129 Å². The molecule has 0 aliphatic heterocycles. The van der Waals surface area contributed by atoms with Gasteiger partial charge in [0.05, 0.1) is 12.7 Å². The SMILES string of the molecule is CCCOc1ccc(C(C)CC(O)CN)cc1C(C)(C)C. The molecule has 0 amide bonds. The molecule has 0 fully saturated rings. The van der Waals surface area contributed by atoms with Crippen LogP contribution in [0.15, 0.2) is 18.2 Å². The quantitative estimate of drug-likeness (QED) is 0.808. The minimum Gasteiger partial charge on any atom is -0.493 e. The van der Waals surface area contributed by atoms with Gasteiger partial charge in [-0.3, -0.25) is 0 Å². The van der Waals surface area contributed by atoms with Crippen molar-refractivity contribution < 1.29 is 9.84 Å². The maximum absolute atomic E-state index is 9.74. The lowest BCUT2D eigenvalue weighted by Gasteiger charge is -2.25. The second-order valence-electron chi connectivity index (χ2n) is 6.88. The van der Waals surface area contributed by atoms with Crippen LogP contribution >= 0.6 is 0 Å². The zero-order chi connectivity index (χ0) is 16.0. The first-order valence-corrected chi connectivity index (χ1v) is 7.95. The third kappa shape index (κ3) is 5.33. The van der Waals surface area contributed by atoms with Crippen LogP contribution in [-0.4, -0.2) is 24.4 Å². The third-order valence-electron chi connectivity index (χ3n) is 3.74. The Morgan fingerprint density at radius 3 is 2.48 bits per heavy atom. The molecule has 2 unspecified atom stereocenters. The van der Waals surface area contributed by atoms with Crippen LogP contribution in [0, 0.1) is 0 Å². The van der Waals surface area contributed by atoms with E-state index in [-0.39, 0.29) is 11.3 Å². The molecule has 0 spiro atoms. The predicted octanol–water partition coefficient (Wildman–Crippen LogP) is 3.59. The van der Waals surface area contributed by atoms with Gasteiger partial charge in [0.15, 0.2) is 0 Å². The van der Waals surface area contributed by atoms with Gasteiger partial charge in [-0.1, -0.05) is 46.8 Å². The van der Waals surface area contributed by atoms with E-state index in [9.17, 15) is 5.11 Å². The minimum absolute atomic E-state index is 0.0330. The lowest BCUT2D eigenvalue weighted by molar-refractivity contribution is 0.165. The Bertz CT molecular complexity index is 437.